The second-order valence-corrected chi connectivity index (χ2v) is 14.0. The third-order valence-corrected chi connectivity index (χ3v) is 9.56. The highest BCUT2D eigenvalue weighted by molar-refractivity contribution is 5.91. The minimum absolute atomic E-state index is 0.00207. The summed E-state index contributed by atoms with van der Waals surface area (Å²) in [7, 11) is 0. The van der Waals surface area contributed by atoms with Gasteiger partial charge in [-0.25, -0.2) is 14.4 Å². The first kappa shape index (κ1) is 42.3. The van der Waals surface area contributed by atoms with Gasteiger partial charge in [-0.3, -0.25) is 9.59 Å². The van der Waals surface area contributed by atoms with Crippen molar-refractivity contribution in [2.75, 3.05) is 6.54 Å². The van der Waals surface area contributed by atoms with Crippen molar-refractivity contribution in [3.8, 4) is 16.9 Å². The van der Waals surface area contributed by atoms with Crippen LogP contribution in [-0.2, 0) is 56.5 Å². The molecular weight excluding hydrogens is 769 g/mol. The van der Waals surface area contributed by atoms with E-state index in [9.17, 15) is 29.1 Å². The highest BCUT2D eigenvalue weighted by Gasteiger charge is 2.31. The zero-order valence-corrected chi connectivity index (χ0v) is 32.7. The summed E-state index contributed by atoms with van der Waals surface area (Å²) < 4.78 is 22.2. The second-order valence-electron chi connectivity index (χ2n) is 14.0. The molecule has 0 fully saturated rings. The van der Waals surface area contributed by atoms with E-state index in [4.69, 9.17) is 18.9 Å². The van der Waals surface area contributed by atoms with E-state index in [0.29, 0.717) is 16.9 Å². The fraction of sp³-hybridized carbons (Fsp3) is 0.239. The van der Waals surface area contributed by atoms with E-state index in [0.717, 1.165) is 27.8 Å². The van der Waals surface area contributed by atoms with Gasteiger partial charge in [0, 0.05) is 19.4 Å². The van der Waals surface area contributed by atoms with Gasteiger partial charge in [-0.15, -0.1) is 0 Å². The lowest BCUT2D eigenvalue weighted by Crippen LogP contribution is -2.56. The summed E-state index contributed by atoms with van der Waals surface area (Å²) in [6, 6.07) is 38.1. The van der Waals surface area contributed by atoms with Gasteiger partial charge < -0.3 is 45.3 Å². The topological polar surface area (TPSA) is 191 Å². The zero-order valence-electron chi connectivity index (χ0n) is 32.7. The van der Waals surface area contributed by atoms with Crippen LogP contribution in [0.1, 0.15) is 40.7 Å². The molecule has 14 nitrogen and oxygen atoms in total. The molecule has 5 aromatic carbocycles. The Morgan fingerprint density at radius 2 is 1.27 bits per heavy atom. The lowest BCUT2D eigenvalue weighted by atomic mass is 9.96. The molecule has 0 spiro atoms. The predicted octanol–water partition coefficient (Wildman–Crippen LogP) is 6.65. The molecular formula is C46H46N4O10. The number of benzene rings is 5. The van der Waals surface area contributed by atoms with Crippen LogP contribution in [0.4, 0.5) is 14.4 Å². The van der Waals surface area contributed by atoms with E-state index in [2.05, 4.69) is 21.3 Å². The van der Waals surface area contributed by atoms with Crippen LogP contribution < -0.4 is 26.0 Å². The number of amides is 4. The molecule has 5 N–H and O–H groups in total. The molecule has 0 unspecified atom stereocenters. The first-order valence-corrected chi connectivity index (χ1v) is 19.5. The van der Waals surface area contributed by atoms with Crippen molar-refractivity contribution >= 4 is 30.2 Å². The number of alkyl carbamates (subject to hydrolysis) is 2. The zero-order chi connectivity index (χ0) is 42.1. The molecule has 5 aromatic rings. The molecule has 0 aliphatic carbocycles. The number of hydrogen-bond donors (Lipinski definition) is 5. The molecule has 0 aromatic heterocycles. The molecule has 0 radical (unpaired) electrons. The van der Waals surface area contributed by atoms with E-state index >= 15 is 0 Å². The van der Waals surface area contributed by atoms with Gasteiger partial charge in [0.2, 0.25) is 11.8 Å². The Hall–Kier alpha value is -7.35. The number of carbonyl (C=O) groups excluding carboxylic acids is 4. The van der Waals surface area contributed by atoms with Crippen LogP contribution in [0.3, 0.4) is 0 Å². The van der Waals surface area contributed by atoms with Gasteiger partial charge in [0.25, 0.3) is 0 Å². The van der Waals surface area contributed by atoms with Crippen molar-refractivity contribution in [3.63, 3.8) is 0 Å². The lowest BCUT2D eigenvalue weighted by molar-refractivity contribution is -0.132. The first-order chi connectivity index (χ1) is 29.2. The molecule has 60 heavy (non-hydrogen) atoms. The Balaban J connectivity index is 1.28. The molecule has 3 atom stereocenters. The third kappa shape index (κ3) is 13.1. The van der Waals surface area contributed by atoms with Crippen LogP contribution in [0.25, 0.3) is 11.1 Å². The minimum atomic E-state index is -1.61. The summed E-state index contributed by atoms with van der Waals surface area (Å²) in [6.07, 6.45) is -4.38. The highest BCUT2D eigenvalue weighted by Crippen LogP contribution is 2.30. The van der Waals surface area contributed by atoms with E-state index < -0.39 is 48.5 Å². The van der Waals surface area contributed by atoms with Crippen LogP contribution in [-0.4, -0.2) is 60.1 Å². The molecule has 310 valence electrons. The molecule has 0 saturated carbocycles. The number of ether oxygens (including phenoxy) is 4. The fourth-order valence-electron chi connectivity index (χ4n) is 6.54. The quantitative estimate of drug-likeness (QED) is 0.0489. The summed E-state index contributed by atoms with van der Waals surface area (Å²) in [5.74, 6) is -1.01. The van der Waals surface area contributed by atoms with Gasteiger partial charge in [0.1, 0.15) is 37.7 Å². The van der Waals surface area contributed by atoms with Crippen molar-refractivity contribution in [1.82, 2.24) is 21.3 Å². The first-order valence-electron chi connectivity index (χ1n) is 19.5. The Kier molecular flexibility index (Phi) is 15.1. The normalized spacial score (nSPS) is 16.4. The molecule has 6 rings (SSSR count). The monoisotopic (exact) mass is 814 g/mol. The van der Waals surface area contributed by atoms with Crippen LogP contribution in [0.15, 0.2) is 133 Å². The maximum Gasteiger partial charge on any atom is 0.507 e. The Morgan fingerprint density at radius 3 is 1.92 bits per heavy atom. The highest BCUT2D eigenvalue weighted by atomic mass is 16.7. The van der Waals surface area contributed by atoms with Gasteiger partial charge in [-0.1, -0.05) is 121 Å². The standard InChI is InChI=1S/C46H46N4O10/c51-42-38(20-11-23-47-44(53)58-29-32-14-6-2-7-15-32)48-43(52)39(49-45(54)59-30-33-16-8-3-9-17-33)27-37-26-36(21-22-40(37)57-28-31-12-4-1-5-13-31)35-19-10-18-34(24-35)25-41(50-42)60-46(55)56/h1-10,12-19,21-22,24,26,38-39,41H,11,20,23,25,27-30H2,(H,47,53)(H,48,52)(H,49,54)(H,50,51)(H,55,56)/t38-,39-,41-/m0/s1. The van der Waals surface area contributed by atoms with Crippen molar-refractivity contribution < 1.29 is 48.0 Å². The lowest BCUT2D eigenvalue weighted by Gasteiger charge is -2.25. The van der Waals surface area contributed by atoms with E-state index in [1.165, 1.54) is 0 Å². The van der Waals surface area contributed by atoms with Crippen molar-refractivity contribution in [2.24, 2.45) is 0 Å². The number of rotatable bonds is 13. The van der Waals surface area contributed by atoms with Gasteiger partial charge in [-0.05, 0) is 63.9 Å². The number of hydrogen-bond acceptors (Lipinski definition) is 9. The number of carboxylic acid groups (broad SMARTS) is 1. The molecule has 1 heterocycles. The average Bonchev–Trinajstić information content (AvgIpc) is 3.26. The maximum absolute atomic E-state index is 14.4. The molecule has 4 bridgehead atoms. The van der Waals surface area contributed by atoms with Crippen LogP contribution in [0, 0.1) is 0 Å². The van der Waals surface area contributed by atoms with E-state index in [1.54, 1.807) is 30.3 Å². The number of fused-ring (bicyclic) bond motifs is 5. The van der Waals surface area contributed by atoms with Gasteiger partial charge in [0.05, 0.1) is 0 Å². The summed E-state index contributed by atoms with van der Waals surface area (Å²) >= 11 is 0. The largest absolute Gasteiger partial charge is 0.507 e. The van der Waals surface area contributed by atoms with Crippen molar-refractivity contribution in [2.45, 2.75) is 63.8 Å². The fourth-order valence-corrected chi connectivity index (χ4v) is 6.54. The van der Waals surface area contributed by atoms with E-state index in [1.807, 2.05) is 103 Å². The van der Waals surface area contributed by atoms with Gasteiger partial charge in [0.15, 0.2) is 6.23 Å². The number of carbonyl (C=O) groups is 5. The second kappa shape index (κ2) is 21.4. The Bertz CT molecular complexity index is 2220. The minimum Gasteiger partial charge on any atom is -0.489 e. The molecule has 1 aliphatic heterocycles. The molecule has 1 aliphatic rings. The Morgan fingerprint density at radius 1 is 0.650 bits per heavy atom. The molecule has 0 saturated heterocycles. The van der Waals surface area contributed by atoms with Crippen LogP contribution in [0.5, 0.6) is 5.75 Å². The van der Waals surface area contributed by atoms with Gasteiger partial charge in [-0.2, -0.15) is 0 Å². The van der Waals surface area contributed by atoms with Crippen molar-refractivity contribution in [3.05, 3.63) is 161 Å². The number of nitrogens with one attached hydrogen (secondary N) is 4. The van der Waals surface area contributed by atoms with Crippen LogP contribution >= 0.6 is 0 Å². The van der Waals surface area contributed by atoms with Crippen molar-refractivity contribution in [1.29, 1.82) is 0 Å². The maximum atomic E-state index is 14.4. The van der Waals surface area contributed by atoms with Crippen LogP contribution in [0.2, 0.25) is 0 Å². The summed E-state index contributed by atoms with van der Waals surface area (Å²) in [6.45, 7) is 0.311. The third-order valence-electron chi connectivity index (χ3n) is 9.56. The average molecular weight is 815 g/mol. The summed E-state index contributed by atoms with van der Waals surface area (Å²) in [5.41, 5.74) is 5.23. The molecule has 4 amide bonds. The predicted molar refractivity (Wildman–Crippen MR) is 220 cm³/mol. The summed E-state index contributed by atoms with van der Waals surface area (Å²) in [4.78, 5) is 65.9. The van der Waals surface area contributed by atoms with Gasteiger partial charge >= 0.3 is 18.3 Å². The molecule has 14 heteroatoms. The SMILES string of the molecule is O=C(O)O[C@H]1Cc2cccc(c2)-c2ccc(OCc3ccccc3)c(c2)C[C@H](NC(=O)OCc2ccccc2)C(=O)N[C@@H](CCCNC(=O)OCc2ccccc2)C(=O)N1. The summed E-state index contributed by atoms with van der Waals surface area (Å²) in [5, 5.41) is 20.3. The Labute approximate surface area is 347 Å². The van der Waals surface area contributed by atoms with E-state index in [-0.39, 0.29) is 52.0 Å². The smallest absolute Gasteiger partial charge is 0.489 e.